The number of piperidine rings is 1. The van der Waals surface area contributed by atoms with Gasteiger partial charge in [0.25, 0.3) is 5.56 Å². The van der Waals surface area contributed by atoms with Crippen LogP contribution in [0.1, 0.15) is 45.2 Å². The summed E-state index contributed by atoms with van der Waals surface area (Å²) in [4.78, 5) is 19.3. The second kappa shape index (κ2) is 11.1. The lowest BCUT2D eigenvalue weighted by Gasteiger charge is -2.36. The number of anilines is 1. The Labute approximate surface area is 218 Å². The highest BCUT2D eigenvalue weighted by molar-refractivity contribution is 5.58. The molecule has 1 saturated heterocycles. The van der Waals surface area contributed by atoms with Crippen LogP contribution in [-0.4, -0.2) is 63.0 Å². The van der Waals surface area contributed by atoms with Crippen LogP contribution in [0.5, 0.6) is 5.75 Å². The average Bonchev–Trinajstić information content (AvgIpc) is 3.37. The van der Waals surface area contributed by atoms with Crippen molar-refractivity contribution in [3.05, 3.63) is 53.3 Å². The number of nitrogens with one attached hydrogen (secondary N) is 1. The van der Waals surface area contributed by atoms with Gasteiger partial charge in [-0.3, -0.25) is 14.3 Å². The molecule has 204 valence electrons. The molecule has 1 unspecified atom stereocenters. The van der Waals surface area contributed by atoms with Crippen molar-refractivity contribution >= 4 is 5.69 Å². The van der Waals surface area contributed by atoms with Crippen LogP contribution in [0.15, 0.2) is 47.8 Å². The fraction of sp³-hybridized carbons (Fsp3) is 0.538. The maximum Gasteiger partial charge on any atom is 0.422 e. The minimum absolute atomic E-state index is 0.0209. The van der Waals surface area contributed by atoms with Gasteiger partial charge in [-0.05, 0) is 57.2 Å². The van der Waals surface area contributed by atoms with E-state index in [4.69, 9.17) is 4.74 Å². The van der Waals surface area contributed by atoms with Gasteiger partial charge in [-0.15, -0.1) is 5.10 Å². The Kier molecular flexibility index (Phi) is 7.68. The monoisotopic (exact) mass is 531 g/mol. The fourth-order valence-electron chi connectivity index (χ4n) is 4.92. The smallest absolute Gasteiger partial charge is 0.422 e. The highest BCUT2D eigenvalue weighted by Crippen LogP contribution is 2.27. The van der Waals surface area contributed by atoms with E-state index in [9.17, 15) is 18.0 Å². The quantitative estimate of drug-likeness (QED) is 0.448. The van der Waals surface area contributed by atoms with Gasteiger partial charge in [0.15, 0.2) is 6.61 Å². The number of pyridine rings is 2. The van der Waals surface area contributed by atoms with E-state index in [1.807, 2.05) is 13.0 Å². The van der Waals surface area contributed by atoms with Gasteiger partial charge in [0, 0.05) is 48.8 Å². The molecule has 1 saturated carbocycles. The second-order valence-electron chi connectivity index (χ2n) is 10.1. The molecule has 2 fully saturated rings. The molecule has 0 radical (unpaired) electrons. The van der Waals surface area contributed by atoms with Crippen molar-refractivity contribution in [3.63, 3.8) is 0 Å². The molecule has 1 N–H and O–H groups in total. The van der Waals surface area contributed by atoms with E-state index in [-0.39, 0.29) is 11.3 Å². The largest absolute Gasteiger partial charge is 0.482 e. The van der Waals surface area contributed by atoms with Crippen LogP contribution >= 0.6 is 0 Å². The number of alkyl halides is 3. The van der Waals surface area contributed by atoms with Crippen molar-refractivity contribution < 1.29 is 17.9 Å². The van der Waals surface area contributed by atoms with Crippen molar-refractivity contribution in [1.29, 1.82) is 0 Å². The van der Waals surface area contributed by atoms with Gasteiger partial charge in [0.2, 0.25) is 0 Å². The molecule has 2 aliphatic rings. The van der Waals surface area contributed by atoms with Crippen molar-refractivity contribution in [1.82, 2.24) is 29.9 Å². The molecule has 0 amide bonds. The zero-order valence-corrected chi connectivity index (χ0v) is 21.3. The summed E-state index contributed by atoms with van der Waals surface area (Å²) in [6.45, 7) is 3.31. The number of hydrogen-bond donors (Lipinski definition) is 1. The second-order valence-corrected chi connectivity index (χ2v) is 10.1. The maximum absolute atomic E-state index is 13.1. The van der Waals surface area contributed by atoms with E-state index in [0.717, 1.165) is 44.1 Å². The summed E-state index contributed by atoms with van der Waals surface area (Å²) in [5.74, 6) is 0.795. The lowest BCUT2D eigenvalue weighted by molar-refractivity contribution is -0.153. The van der Waals surface area contributed by atoms with Gasteiger partial charge < -0.3 is 15.0 Å². The lowest BCUT2D eigenvalue weighted by atomic mass is 9.85. The third-order valence-electron chi connectivity index (χ3n) is 7.35. The first-order valence-electron chi connectivity index (χ1n) is 13.0. The molecule has 2 atom stereocenters. The summed E-state index contributed by atoms with van der Waals surface area (Å²) in [5.41, 5.74) is 1.62. The Morgan fingerprint density at radius 3 is 2.76 bits per heavy atom. The van der Waals surface area contributed by atoms with E-state index in [2.05, 4.69) is 25.5 Å². The first-order valence-corrected chi connectivity index (χ1v) is 13.0. The third-order valence-corrected chi connectivity index (χ3v) is 7.35. The first-order chi connectivity index (χ1) is 18.2. The molecule has 38 heavy (non-hydrogen) atoms. The standard InChI is InChI=1S/C26H32F3N7O2/c1-18(36-16-24(32-33-36)20-10-23(14-30-13-20)38-17-26(27,28)29)35-9-7-22(11-25(35)37)34-8-3-6-21(15-34)31-12-19-4-2-5-19/h7,9-11,13-14,16,18-19,21,31H,2-6,8,12,15,17H2,1H3/t18?,21-/m1/s1. The molecular formula is C26H32F3N7O2. The number of hydrogen-bond acceptors (Lipinski definition) is 7. The van der Waals surface area contributed by atoms with Crippen LogP contribution in [0, 0.1) is 5.92 Å². The lowest BCUT2D eigenvalue weighted by Crippen LogP contribution is -2.47. The first kappa shape index (κ1) is 26.2. The molecule has 0 spiro atoms. The summed E-state index contributed by atoms with van der Waals surface area (Å²) < 4.78 is 45.3. The highest BCUT2D eigenvalue weighted by Gasteiger charge is 2.28. The molecule has 0 bridgehead atoms. The zero-order chi connectivity index (χ0) is 26.7. The van der Waals surface area contributed by atoms with Gasteiger partial charge in [-0.25, -0.2) is 4.68 Å². The molecule has 0 aromatic carbocycles. The van der Waals surface area contributed by atoms with Crippen molar-refractivity contribution in [2.75, 3.05) is 31.1 Å². The molecule has 1 aliphatic heterocycles. The number of nitrogens with zero attached hydrogens (tertiary/aromatic N) is 6. The van der Waals surface area contributed by atoms with Crippen LogP contribution in [0.3, 0.4) is 0 Å². The topological polar surface area (TPSA) is 90.1 Å². The van der Waals surface area contributed by atoms with E-state index >= 15 is 0 Å². The summed E-state index contributed by atoms with van der Waals surface area (Å²) in [6, 6.07) is 5.47. The molecule has 3 aromatic heterocycles. The maximum atomic E-state index is 13.1. The van der Waals surface area contributed by atoms with Crippen LogP contribution in [0.25, 0.3) is 11.3 Å². The van der Waals surface area contributed by atoms with E-state index in [1.165, 1.54) is 42.4 Å². The predicted octanol–water partition coefficient (Wildman–Crippen LogP) is 3.87. The third kappa shape index (κ3) is 6.35. The van der Waals surface area contributed by atoms with Crippen molar-refractivity contribution in [2.24, 2.45) is 5.92 Å². The van der Waals surface area contributed by atoms with E-state index < -0.39 is 18.9 Å². The number of ether oxygens (including phenoxy) is 1. The fourth-order valence-corrected chi connectivity index (χ4v) is 4.92. The molecular weight excluding hydrogens is 499 g/mol. The SMILES string of the molecule is CC(n1cc(-c2cncc(OCC(F)(F)F)c2)nn1)n1ccc(N2CCC[C@@H](NCC3CCC3)C2)cc1=O. The Morgan fingerprint density at radius 1 is 1.18 bits per heavy atom. The minimum atomic E-state index is -4.44. The van der Waals surface area contributed by atoms with Crippen LogP contribution in [0.4, 0.5) is 18.9 Å². The number of halogens is 3. The molecule has 12 heteroatoms. The summed E-state index contributed by atoms with van der Waals surface area (Å²) >= 11 is 0. The number of rotatable bonds is 9. The Morgan fingerprint density at radius 2 is 2.03 bits per heavy atom. The van der Waals surface area contributed by atoms with E-state index in [0.29, 0.717) is 17.3 Å². The molecule has 5 rings (SSSR count). The summed E-state index contributed by atoms with van der Waals surface area (Å²) in [6.07, 6.45) is 7.39. The normalized spacial score (nSPS) is 19.3. The number of aromatic nitrogens is 5. The summed E-state index contributed by atoms with van der Waals surface area (Å²) in [5, 5.41) is 12.0. The Balaban J connectivity index is 1.24. The molecule has 3 aromatic rings. The van der Waals surface area contributed by atoms with Gasteiger partial charge in [0.05, 0.1) is 12.4 Å². The van der Waals surface area contributed by atoms with Gasteiger partial charge >= 0.3 is 6.18 Å². The van der Waals surface area contributed by atoms with Crippen molar-refractivity contribution in [3.8, 4) is 17.0 Å². The van der Waals surface area contributed by atoms with Crippen molar-refractivity contribution in [2.45, 2.75) is 57.4 Å². The zero-order valence-electron chi connectivity index (χ0n) is 21.3. The molecule has 1 aliphatic carbocycles. The highest BCUT2D eigenvalue weighted by atomic mass is 19.4. The summed E-state index contributed by atoms with van der Waals surface area (Å²) in [7, 11) is 0. The Hall–Kier alpha value is -3.41. The predicted molar refractivity (Wildman–Crippen MR) is 136 cm³/mol. The van der Waals surface area contributed by atoms with Gasteiger partial charge in [-0.2, -0.15) is 13.2 Å². The minimum Gasteiger partial charge on any atom is -0.482 e. The molecule has 9 nitrogen and oxygen atoms in total. The van der Waals surface area contributed by atoms with Crippen LogP contribution in [0.2, 0.25) is 0 Å². The Bertz CT molecular complexity index is 1290. The van der Waals surface area contributed by atoms with E-state index in [1.54, 1.807) is 23.0 Å². The average molecular weight is 532 g/mol. The van der Waals surface area contributed by atoms with Crippen LogP contribution in [-0.2, 0) is 0 Å². The van der Waals surface area contributed by atoms with Gasteiger partial charge in [0.1, 0.15) is 17.6 Å². The van der Waals surface area contributed by atoms with Gasteiger partial charge in [-0.1, -0.05) is 11.6 Å². The molecule has 4 heterocycles. The van der Waals surface area contributed by atoms with Crippen LogP contribution < -0.4 is 20.5 Å².